The van der Waals surface area contributed by atoms with Crippen LogP contribution in [0.15, 0.2) is 18.6 Å². The molecule has 0 bridgehead atoms. The molecule has 0 fully saturated rings. The summed E-state index contributed by atoms with van der Waals surface area (Å²) in [5, 5.41) is 3.14. The Labute approximate surface area is 73.4 Å². The molecule has 0 aliphatic rings. The summed E-state index contributed by atoms with van der Waals surface area (Å²) in [6, 6.07) is 1.84. The normalized spacial score (nSPS) is 12.6. The number of rotatable bonds is 2. The van der Waals surface area contributed by atoms with Gasteiger partial charge in [-0.25, -0.2) is 9.97 Å². The summed E-state index contributed by atoms with van der Waals surface area (Å²) in [5.41, 5.74) is 0. The second kappa shape index (κ2) is 3.70. The van der Waals surface area contributed by atoms with Crippen LogP contribution in [0.5, 0.6) is 0 Å². The Morgan fingerprint density at radius 1 is 1.70 bits per heavy atom. The quantitative estimate of drug-likeness (QED) is 0.492. The lowest BCUT2D eigenvalue weighted by Crippen LogP contribution is -2.06. The molecule has 10 heavy (non-hydrogen) atoms. The van der Waals surface area contributed by atoms with E-state index >= 15 is 0 Å². The molecule has 0 saturated heterocycles. The summed E-state index contributed by atoms with van der Waals surface area (Å²) in [6.45, 7) is 2.06. The number of nitrogens with one attached hydrogen (secondary N) is 1. The van der Waals surface area contributed by atoms with Gasteiger partial charge >= 0.3 is 0 Å². The van der Waals surface area contributed by atoms with Gasteiger partial charge in [0.1, 0.15) is 12.1 Å². The first-order valence-corrected chi connectivity index (χ1v) is 4.20. The summed E-state index contributed by atoms with van der Waals surface area (Å²) in [4.78, 5) is 7.79. The van der Waals surface area contributed by atoms with Crippen LogP contribution in [-0.4, -0.2) is 14.0 Å². The molecule has 1 N–H and O–H groups in total. The van der Waals surface area contributed by atoms with Gasteiger partial charge in [0, 0.05) is 6.20 Å². The topological polar surface area (TPSA) is 37.8 Å². The zero-order chi connectivity index (χ0) is 7.40. The van der Waals surface area contributed by atoms with Crippen LogP contribution < -0.4 is 5.32 Å². The Kier molecular flexibility index (Phi) is 2.85. The Balaban J connectivity index is 2.59. The largest absolute Gasteiger partial charge is 0.359 e. The van der Waals surface area contributed by atoms with Crippen LogP contribution >= 0.6 is 22.6 Å². The van der Waals surface area contributed by atoms with Crippen molar-refractivity contribution in [2.45, 2.75) is 11.0 Å². The minimum atomic E-state index is 0.396. The second-order valence-electron chi connectivity index (χ2n) is 1.85. The van der Waals surface area contributed by atoms with Gasteiger partial charge < -0.3 is 5.32 Å². The van der Waals surface area contributed by atoms with Gasteiger partial charge in [-0.1, -0.05) is 22.6 Å². The average molecular weight is 249 g/mol. The molecule has 0 saturated carbocycles. The molecule has 1 atom stereocenters. The maximum Gasteiger partial charge on any atom is 0.130 e. The van der Waals surface area contributed by atoms with Gasteiger partial charge in [-0.3, -0.25) is 0 Å². The number of hydrogen-bond acceptors (Lipinski definition) is 3. The van der Waals surface area contributed by atoms with Crippen LogP contribution in [-0.2, 0) is 0 Å². The molecule has 1 rings (SSSR count). The van der Waals surface area contributed by atoms with Gasteiger partial charge in [-0.2, -0.15) is 0 Å². The molecule has 0 aromatic carbocycles. The van der Waals surface area contributed by atoms with E-state index in [1.165, 1.54) is 6.33 Å². The fourth-order valence-corrected chi connectivity index (χ4v) is 0.899. The third-order valence-corrected chi connectivity index (χ3v) is 1.24. The Morgan fingerprint density at radius 3 is 3.00 bits per heavy atom. The minimum Gasteiger partial charge on any atom is -0.359 e. The molecule has 1 heterocycles. The predicted octanol–water partition coefficient (Wildman–Crippen LogP) is 1.67. The second-order valence-corrected chi connectivity index (χ2v) is 3.72. The fourth-order valence-electron chi connectivity index (χ4n) is 0.580. The highest BCUT2D eigenvalue weighted by molar-refractivity contribution is 14.1. The van der Waals surface area contributed by atoms with E-state index in [-0.39, 0.29) is 0 Å². The smallest absolute Gasteiger partial charge is 0.130 e. The number of hydrogen-bond donors (Lipinski definition) is 1. The van der Waals surface area contributed by atoms with Gasteiger partial charge in [0.25, 0.3) is 0 Å². The zero-order valence-corrected chi connectivity index (χ0v) is 7.74. The molecule has 0 aliphatic heterocycles. The van der Waals surface area contributed by atoms with Crippen molar-refractivity contribution in [1.82, 2.24) is 9.97 Å². The highest BCUT2D eigenvalue weighted by atomic mass is 127. The van der Waals surface area contributed by atoms with E-state index in [9.17, 15) is 0 Å². The number of halogens is 1. The third kappa shape index (κ3) is 2.47. The van der Waals surface area contributed by atoms with Crippen LogP contribution in [0.3, 0.4) is 0 Å². The van der Waals surface area contributed by atoms with Gasteiger partial charge in [0.15, 0.2) is 0 Å². The molecule has 0 spiro atoms. The molecule has 0 aliphatic carbocycles. The highest BCUT2D eigenvalue weighted by Crippen LogP contribution is 2.04. The molecule has 4 heteroatoms. The van der Waals surface area contributed by atoms with E-state index in [1.807, 2.05) is 6.07 Å². The molecule has 1 unspecified atom stereocenters. The molecular weight excluding hydrogens is 241 g/mol. The zero-order valence-electron chi connectivity index (χ0n) is 5.58. The molecule has 0 amide bonds. The van der Waals surface area contributed by atoms with Crippen LogP contribution in [0, 0.1) is 0 Å². The van der Waals surface area contributed by atoms with Crippen LogP contribution in [0.25, 0.3) is 0 Å². The van der Waals surface area contributed by atoms with Crippen molar-refractivity contribution in [2.24, 2.45) is 0 Å². The van der Waals surface area contributed by atoms with E-state index in [4.69, 9.17) is 0 Å². The summed E-state index contributed by atoms with van der Waals surface area (Å²) in [6.07, 6.45) is 3.25. The van der Waals surface area contributed by atoms with Crippen molar-refractivity contribution in [2.75, 3.05) is 5.32 Å². The molecule has 1 aromatic heterocycles. The van der Waals surface area contributed by atoms with Gasteiger partial charge in [-0.15, -0.1) is 0 Å². The maximum absolute atomic E-state index is 3.99. The maximum atomic E-state index is 3.99. The Hall–Kier alpha value is -0.390. The fraction of sp³-hybridized carbons (Fsp3) is 0.333. The van der Waals surface area contributed by atoms with Crippen molar-refractivity contribution in [1.29, 1.82) is 0 Å². The van der Waals surface area contributed by atoms with Crippen LogP contribution in [0.4, 0.5) is 5.82 Å². The lowest BCUT2D eigenvalue weighted by Gasteiger charge is -2.05. The number of aromatic nitrogens is 2. The van der Waals surface area contributed by atoms with E-state index < -0.39 is 0 Å². The van der Waals surface area contributed by atoms with Crippen molar-refractivity contribution < 1.29 is 0 Å². The van der Waals surface area contributed by atoms with E-state index in [1.54, 1.807) is 6.20 Å². The summed E-state index contributed by atoms with van der Waals surface area (Å²) in [7, 11) is 0. The lowest BCUT2D eigenvalue weighted by molar-refractivity contribution is 1.09. The Morgan fingerprint density at radius 2 is 2.50 bits per heavy atom. The monoisotopic (exact) mass is 249 g/mol. The van der Waals surface area contributed by atoms with Gasteiger partial charge in [-0.05, 0) is 13.0 Å². The average Bonchev–Trinajstić information content (AvgIpc) is 1.88. The summed E-state index contributed by atoms with van der Waals surface area (Å²) in [5.74, 6) is 0.872. The molecular formula is C6H8IN3. The number of nitrogens with zero attached hydrogens (tertiary/aromatic N) is 2. The lowest BCUT2D eigenvalue weighted by atomic mass is 10.6. The number of alkyl halides is 1. The SMILES string of the molecule is CC(I)Nc1ccncn1. The highest BCUT2D eigenvalue weighted by Gasteiger charge is 1.93. The van der Waals surface area contributed by atoms with Crippen molar-refractivity contribution >= 4 is 28.4 Å². The van der Waals surface area contributed by atoms with Crippen molar-refractivity contribution in [3.63, 3.8) is 0 Å². The number of anilines is 1. The molecule has 0 radical (unpaired) electrons. The van der Waals surface area contributed by atoms with Crippen molar-refractivity contribution in [3.05, 3.63) is 18.6 Å². The van der Waals surface area contributed by atoms with Gasteiger partial charge in [0.05, 0.1) is 4.05 Å². The standard InChI is InChI=1S/C6H8IN3/c1-5(7)10-6-2-3-8-4-9-6/h2-5H,1H3,(H,8,9,10). The Bertz CT molecular complexity index is 187. The van der Waals surface area contributed by atoms with E-state index in [0.717, 1.165) is 5.82 Å². The minimum absolute atomic E-state index is 0.396. The van der Waals surface area contributed by atoms with E-state index in [2.05, 4.69) is 44.8 Å². The first-order chi connectivity index (χ1) is 4.79. The first kappa shape index (κ1) is 7.71. The van der Waals surface area contributed by atoms with Crippen LogP contribution in [0.2, 0.25) is 0 Å². The predicted molar refractivity (Wildman–Crippen MR) is 49.1 cm³/mol. The van der Waals surface area contributed by atoms with Crippen LogP contribution in [0.1, 0.15) is 6.92 Å². The summed E-state index contributed by atoms with van der Waals surface area (Å²) < 4.78 is 0.396. The van der Waals surface area contributed by atoms with Crippen molar-refractivity contribution in [3.8, 4) is 0 Å². The molecule has 1 aromatic rings. The summed E-state index contributed by atoms with van der Waals surface area (Å²) >= 11 is 2.27. The van der Waals surface area contributed by atoms with E-state index in [0.29, 0.717) is 4.05 Å². The van der Waals surface area contributed by atoms with Gasteiger partial charge in [0.2, 0.25) is 0 Å². The first-order valence-electron chi connectivity index (χ1n) is 2.95. The molecule has 3 nitrogen and oxygen atoms in total. The molecule has 54 valence electrons. The third-order valence-electron chi connectivity index (χ3n) is 0.929.